The number of rotatable bonds is 6. The van der Waals surface area contributed by atoms with Crippen LogP contribution < -0.4 is 15.5 Å². The number of benzene rings is 2. The van der Waals surface area contributed by atoms with Crippen LogP contribution in [0.25, 0.3) is 10.9 Å². The molecule has 9 nitrogen and oxygen atoms in total. The first-order valence-electron chi connectivity index (χ1n) is 11.7. The van der Waals surface area contributed by atoms with E-state index in [1.165, 1.54) is 0 Å². The molecule has 3 heterocycles. The summed E-state index contributed by atoms with van der Waals surface area (Å²) in [4.78, 5) is 33.4. The van der Waals surface area contributed by atoms with Crippen molar-refractivity contribution in [2.24, 2.45) is 0 Å². The van der Waals surface area contributed by atoms with Crippen LogP contribution in [0.2, 0.25) is 0 Å². The summed E-state index contributed by atoms with van der Waals surface area (Å²) in [5.74, 6) is 0.220. The van der Waals surface area contributed by atoms with Gasteiger partial charge in [0.1, 0.15) is 5.82 Å². The maximum Gasteiger partial charge on any atom is 0.325 e. The molecule has 0 unspecified atom stereocenters. The van der Waals surface area contributed by atoms with E-state index in [4.69, 9.17) is 0 Å². The number of pyridine rings is 1. The Hall–Kier alpha value is -4.21. The van der Waals surface area contributed by atoms with Gasteiger partial charge in [-0.3, -0.25) is 14.3 Å². The van der Waals surface area contributed by atoms with Gasteiger partial charge in [-0.1, -0.05) is 12.1 Å². The highest BCUT2D eigenvalue weighted by Crippen LogP contribution is 2.28. The molecule has 1 aliphatic rings. The number of fused-ring (bicyclic) bond motifs is 1. The molecule has 0 spiro atoms. The molecule has 1 fully saturated rings. The number of aliphatic hydroxyl groups excluding tert-OH is 1. The number of amides is 2. The largest absolute Gasteiger partial charge is 0.390 e. The Morgan fingerprint density at radius 1 is 1.08 bits per heavy atom. The van der Waals surface area contributed by atoms with E-state index in [0.717, 1.165) is 27.8 Å². The summed E-state index contributed by atoms with van der Waals surface area (Å²) in [5.41, 5.74) is 4.19. The Morgan fingerprint density at radius 2 is 1.89 bits per heavy atom. The lowest BCUT2D eigenvalue weighted by Gasteiger charge is -2.35. The van der Waals surface area contributed by atoms with Crippen molar-refractivity contribution >= 4 is 40.0 Å². The SMILES string of the molecule is CNC(=O)n1ccc2cc(N(C)c3ccnc(NC(=O)c4cccc(CN5CC(O)C5)c4)c3)ccc21. The summed E-state index contributed by atoms with van der Waals surface area (Å²) in [6.07, 6.45) is 3.15. The van der Waals surface area contributed by atoms with Gasteiger partial charge < -0.3 is 20.6 Å². The fraction of sp³-hybridized carbons (Fsp3) is 0.222. The summed E-state index contributed by atoms with van der Waals surface area (Å²) in [6, 6.07) is 18.8. The summed E-state index contributed by atoms with van der Waals surface area (Å²) in [7, 11) is 3.54. The fourth-order valence-electron chi connectivity index (χ4n) is 4.41. The van der Waals surface area contributed by atoms with Crippen molar-refractivity contribution in [2.75, 3.05) is 37.4 Å². The molecule has 0 radical (unpaired) electrons. The van der Waals surface area contributed by atoms with Crippen molar-refractivity contribution in [1.82, 2.24) is 19.8 Å². The third-order valence-electron chi connectivity index (χ3n) is 6.40. The van der Waals surface area contributed by atoms with Gasteiger partial charge in [0.15, 0.2) is 0 Å². The number of hydrogen-bond donors (Lipinski definition) is 3. The van der Waals surface area contributed by atoms with E-state index in [1.807, 2.05) is 66.5 Å². The van der Waals surface area contributed by atoms with Gasteiger partial charge in [-0.15, -0.1) is 0 Å². The second-order valence-electron chi connectivity index (χ2n) is 8.94. The molecule has 9 heteroatoms. The number of aliphatic hydroxyl groups is 1. The van der Waals surface area contributed by atoms with Gasteiger partial charge in [0.25, 0.3) is 5.91 Å². The van der Waals surface area contributed by atoms with Gasteiger partial charge in [0.2, 0.25) is 0 Å². The second-order valence-corrected chi connectivity index (χ2v) is 8.94. The molecule has 0 aliphatic carbocycles. The molecule has 2 aromatic heterocycles. The maximum atomic E-state index is 12.9. The number of likely N-dealkylation sites (tertiary alicyclic amines) is 1. The Morgan fingerprint density at radius 3 is 2.67 bits per heavy atom. The van der Waals surface area contributed by atoms with E-state index in [1.54, 1.807) is 30.1 Å². The summed E-state index contributed by atoms with van der Waals surface area (Å²) in [6.45, 7) is 2.02. The van der Waals surface area contributed by atoms with Crippen LogP contribution in [0, 0.1) is 0 Å². The summed E-state index contributed by atoms with van der Waals surface area (Å²) < 4.78 is 1.57. The number of hydrogen-bond acceptors (Lipinski definition) is 6. The quantitative estimate of drug-likeness (QED) is 0.388. The Kier molecular flexibility index (Phi) is 6.41. The highest BCUT2D eigenvalue weighted by atomic mass is 16.3. The van der Waals surface area contributed by atoms with Crippen molar-refractivity contribution in [3.63, 3.8) is 0 Å². The van der Waals surface area contributed by atoms with E-state index in [0.29, 0.717) is 31.0 Å². The first-order valence-corrected chi connectivity index (χ1v) is 11.7. The molecule has 3 N–H and O–H groups in total. The highest BCUT2D eigenvalue weighted by Gasteiger charge is 2.24. The number of carbonyl (C=O) groups excluding carboxylic acids is 2. The van der Waals surface area contributed by atoms with E-state index in [-0.39, 0.29) is 18.0 Å². The predicted molar refractivity (Wildman–Crippen MR) is 140 cm³/mol. The number of aromatic nitrogens is 2. The number of β-amino-alcohol motifs (C(OH)–C–C–N with tert-alkyl or cyclic N) is 1. The lowest BCUT2D eigenvalue weighted by Crippen LogP contribution is -2.49. The average molecular weight is 485 g/mol. The molecule has 0 atom stereocenters. The van der Waals surface area contributed by atoms with Crippen LogP contribution in [0.5, 0.6) is 0 Å². The van der Waals surface area contributed by atoms with E-state index in [9.17, 15) is 14.7 Å². The normalized spacial score (nSPS) is 13.9. The van der Waals surface area contributed by atoms with Crippen molar-refractivity contribution in [2.45, 2.75) is 12.6 Å². The summed E-state index contributed by atoms with van der Waals surface area (Å²) >= 11 is 0. The molecule has 1 saturated heterocycles. The summed E-state index contributed by atoms with van der Waals surface area (Å²) in [5, 5.41) is 16.0. The Bertz CT molecular complexity index is 1430. The number of carbonyl (C=O) groups is 2. The van der Waals surface area contributed by atoms with Gasteiger partial charge in [-0.2, -0.15) is 0 Å². The molecular weight excluding hydrogens is 456 g/mol. The minimum absolute atomic E-state index is 0.189. The Balaban J connectivity index is 1.30. The molecular formula is C27H28N6O3. The van der Waals surface area contributed by atoms with Gasteiger partial charge in [0, 0.05) is 74.5 Å². The van der Waals surface area contributed by atoms with Crippen LogP contribution >= 0.6 is 0 Å². The van der Waals surface area contributed by atoms with Crippen LogP contribution in [-0.2, 0) is 6.54 Å². The molecule has 184 valence electrons. The zero-order valence-corrected chi connectivity index (χ0v) is 20.2. The van der Waals surface area contributed by atoms with Crippen molar-refractivity contribution in [1.29, 1.82) is 0 Å². The van der Waals surface area contributed by atoms with Crippen molar-refractivity contribution in [3.05, 3.63) is 84.2 Å². The van der Waals surface area contributed by atoms with Gasteiger partial charge >= 0.3 is 6.03 Å². The topological polar surface area (TPSA) is 103 Å². The second kappa shape index (κ2) is 9.80. The standard InChI is InChI=1S/C27H28N6O3/c1-28-27(36)33-11-9-19-13-21(6-7-24(19)33)31(2)22-8-10-29-25(14-22)30-26(35)20-5-3-4-18(12-20)15-32-16-23(34)17-32/h3-14,23,34H,15-17H2,1-2H3,(H,28,36)(H,29,30,35). The zero-order valence-electron chi connectivity index (χ0n) is 20.2. The minimum Gasteiger partial charge on any atom is -0.390 e. The molecule has 0 bridgehead atoms. The molecule has 36 heavy (non-hydrogen) atoms. The zero-order chi connectivity index (χ0) is 25.2. The number of anilines is 3. The Labute approximate surface area is 209 Å². The monoisotopic (exact) mass is 484 g/mol. The third-order valence-corrected chi connectivity index (χ3v) is 6.40. The van der Waals surface area contributed by atoms with Gasteiger partial charge in [-0.25, -0.2) is 9.78 Å². The maximum absolute atomic E-state index is 12.9. The average Bonchev–Trinajstić information content (AvgIpc) is 3.30. The van der Waals surface area contributed by atoms with Gasteiger partial charge in [-0.05, 0) is 48.0 Å². The molecule has 5 rings (SSSR count). The highest BCUT2D eigenvalue weighted by molar-refractivity contribution is 6.04. The van der Waals surface area contributed by atoms with Crippen LogP contribution in [-0.4, -0.2) is 64.8 Å². The molecule has 0 saturated carbocycles. The first-order chi connectivity index (χ1) is 17.4. The van der Waals surface area contributed by atoms with Crippen LogP contribution in [0.1, 0.15) is 15.9 Å². The van der Waals surface area contributed by atoms with Crippen LogP contribution in [0.3, 0.4) is 0 Å². The van der Waals surface area contributed by atoms with E-state index < -0.39 is 0 Å². The smallest absolute Gasteiger partial charge is 0.325 e. The lowest BCUT2D eigenvalue weighted by atomic mass is 10.1. The third kappa shape index (κ3) is 4.79. The molecule has 1 aliphatic heterocycles. The van der Waals surface area contributed by atoms with E-state index in [2.05, 4.69) is 20.5 Å². The number of nitrogens with one attached hydrogen (secondary N) is 2. The number of nitrogens with zero attached hydrogens (tertiary/aromatic N) is 4. The molecule has 4 aromatic rings. The fourth-order valence-corrected chi connectivity index (χ4v) is 4.41. The van der Waals surface area contributed by atoms with Crippen molar-refractivity contribution in [3.8, 4) is 0 Å². The van der Waals surface area contributed by atoms with Crippen LogP contribution in [0.4, 0.5) is 22.0 Å². The molecule has 2 amide bonds. The first kappa shape index (κ1) is 23.5. The van der Waals surface area contributed by atoms with Gasteiger partial charge in [0.05, 0.1) is 11.6 Å². The minimum atomic E-state index is -0.251. The lowest BCUT2D eigenvalue weighted by molar-refractivity contribution is -0.00287. The van der Waals surface area contributed by atoms with Crippen LogP contribution in [0.15, 0.2) is 73.1 Å². The molecule has 2 aromatic carbocycles. The van der Waals surface area contributed by atoms with Crippen molar-refractivity contribution < 1.29 is 14.7 Å². The van der Waals surface area contributed by atoms with E-state index >= 15 is 0 Å². The predicted octanol–water partition coefficient (Wildman–Crippen LogP) is 3.42.